The number of hydrogen-bond donors (Lipinski definition) is 0. The first kappa shape index (κ1) is 22.3. The molecule has 0 saturated heterocycles. The molecular formula is C20H36O4S. The van der Waals surface area contributed by atoms with E-state index in [1.807, 2.05) is 13.8 Å². The third kappa shape index (κ3) is 6.15. The average Bonchev–Trinajstić information content (AvgIpc) is 2.77. The molecule has 0 amide bonds. The van der Waals surface area contributed by atoms with Gasteiger partial charge in [-0.2, -0.15) is 0 Å². The average molecular weight is 373 g/mol. The summed E-state index contributed by atoms with van der Waals surface area (Å²) in [5.74, 6) is 1.71. The SMILES string of the molecule is COCC(C)Oc1c(C(C)(C)C)sc(C(C)(C)C)c1OC(C)COC. The van der Waals surface area contributed by atoms with Crippen LogP contribution in [0, 0.1) is 0 Å². The van der Waals surface area contributed by atoms with E-state index < -0.39 is 0 Å². The Morgan fingerprint density at radius 3 is 1.28 bits per heavy atom. The van der Waals surface area contributed by atoms with Crippen LogP contribution in [0.2, 0.25) is 0 Å². The van der Waals surface area contributed by atoms with E-state index >= 15 is 0 Å². The fourth-order valence-electron chi connectivity index (χ4n) is 2.54. The van der Waals surface area contributed by atoms with E-state index in [9.17, 15) is 0 Å². The maximum Gasteiger partial charge on any atom is 0.176 e. The maximum atomic E-state index is 6.32. The summed E-state index contributed by atoms with van der Waals surface area (Å²) < 4.78 is 23.1. The second-order valence-electron chi connectivity index (χ2n) is 8.69. The van der Waals surface area contributed by atoms with E-state index in [1.165, 1.54) is 9.75 Å². The van der Waals surface area contributed by atoms with Crippen molar-refractivity contribution in [1.82, 2.24) is 0 Å². The molecule has 0 aliphatic rings. The van der Waals surface area contributed by atoms with E-state index in [1.54, 1.807) is 25.6 Å². The lowest BCUT2D eigenvalue weighted by Crippen LogP contribution is -2.23. The van der Waals surface area contributed by atoms with Gasteiger partial charge in [0.25, 0.3) is 0 Å². The molecule has 5 heteroatoms. The monoisotopic (exact) mass is 372 g/mol. The summed E-state index contributed by atoms with van der Waals surface area (Å²) in [6, 6.07) is 0. The third-order valence-electron chi connectivity index (χ3n) is 3.63. The number of methoxy groups -OCH3 is 2. The summed E-state index contributed by atoms with van der Waals surface area (Å²) in [5, 5.41) is 0. The van der Waals surface area contributed by atoms with Crippen LogP contribution in [0.1, 0.15) is 65.1 Å². The molecule has 0 N–H and O–H groups in total. The lowest BCUT2D eigenvalue weighted by atomic mass is 9.91. The first-order valence-electron chi connectivity index (χ1n) is 8.90. The van der Waals surface area contributed by atoms with Crippen LogP contribution in [-0.2, 0) is 20.3 Å². The first-order valence-corrected chi connectivity index (χ1v) is 9.72. The van der Waals surface area contributed by atoms with Crippen molar-refractivity contribution in [3.8, 4) is 11.5 Å². The Kier molecular flexibility index (Phi) is 7.78. The van der Waals surface area contributed by atoms with Crippen LogP contribution >= 0.6 is 11.3 Å². The van der Waals surface area contributed by atoms with E-state index in [0.717, 1.165) is 11.5 Å². The van der Waals surface area contributed by atoms with E-state index in [0.29, 0.717) is 13.2 Å². The molecule has 1 heterocycles. The second kappa shape index (κ2) is 8.74. The zero-order chi connectivity index (χ0) is 19.4. The molecule has 0 fully saturated rings. The highest BCUT2D eigenvalue weighted by Crippen LogP contribution is 2.52. The molecule has 1 rings (SSSR count). The fourth-order valence-corrected chi connectivity index (χ4v) is 3.83. The molecule has 0 saturated carbocycles. The summed E-state index contributed by atoms with van der Waals surface area (Å²) in [4.78, 5) is 2.42. The standard InChI is InChI=1S/C20H36O4S/c1-13(11-21-9)23-15-16(24-14(2)12-22-10)18(20(6,7)8)25-17(15)19(3,4)5/h13-14H,11-12H2,1-10H3. The Balaban J connectivity index is 3.46. The molecule has 0 aliphatic carbocycles. The molecule has 146 valence electrons. The van der Waals surface area contributed by atoms with Gasteiger partial charge in [0.05, 0.1) is 23.0 Å². The molecule has 4 nitrogen and oxygen atoms in total. The van der Waals surface area contributed by atoms with Crippen molar-refractivity contribution in [2.24, 2.45) is 0 Å². The predicted octanol–water partition coefficient (Wildman–Crippen LogP) is 5.17. The van der Waals surface area contributed by atoms with Gasteiger partial charge >= 0.3 is 0 Å². The highest BCUT2D eigenvalue weighted by Gasteiger charge is 2.34. The minimum atomic E-state index is -0.0476. The van der Waals surface area contributed by atoms with Crippen LogP contribution in [0.4, 0.5) is 0 Å². The molecule has 0 radical (unpaired) electrons. The Bertz CT molecular complexity index is 491. The van der Waals surface area contributed by atoms with Crippen LogP contribution < -0.4 is 9.47 Å². The van der Waals surface area contributed by atoms with Gasteiger partial charge in [-0.3, -0.25) is 0 Å². The summed E-state index contributed by atoms with van der Waals surface area (Å²) in [6.45, 7) is 18.4. The largest absolute Gasteiger partial charge is 0.483 e. The molecule has 25 heavy (non-hydrogen) atoms. The van der Waals surface area contributed by atoms with E-state index in [2.05, 4.69) is 41.5 Å². The molecule has 1 aromatic heterocycles. The lowest BCUT2D eigenvalue weighted by molar-refractivity contribution is 0.0735. The van der Waals surface area contributed by atoms with E-state index in [4.69, 9.17) is 18.9 Å². The Labute approximate surface area is 157 Å². The van der Waals surface area contributed by atoms with Gasteiger partial charge in [0.1, 0.15) is 12.2 Å². The molecule has 0 bridgehead atoms. The highest BCUT2D eigenvalue weighted by molar-refractivity contribution is 7.13. The van der Waals surface area contributed by atoms with Gasteiger partial charge in [0.2, 0.25) is 0 Å². The zero-order valence-corrected chi connectivity index (χ0v) is 18.4. The number of ether oxygens (including phenoxy) is 4. The van der Waals surface area contributed by atoms with Crippen LogP contribution in [0.15, 0.2) is 0 Å². The maximum absolute atomic E-state index is 6.32. The van der Waals surface area contributed by atoms with Crippen molar-refractivity contribution in [1.29, 1.82) is 0 Å². The van der Waals surface area contributed by atoms with E-state index in [-0.39, 0.29) is 23.0 Å². The van der Waals surface area contributed by atoms with Gasteiger partial charge in [-0.25, -0.2) is 0 Å². The molecule has 1 aromatic rings. The van der Waals surface area contributed by atoms with Crippen molar-refractivity contribution in [3.63, 3.8) is 0 Å². The smallest absolute Gasteiger partial charge is 0.176 e. The van der Waals surface area contributed by atoms with Crippen LogP contribution in [0.3, 0.4) is 0 Å². The third-order valence-corrected chi connectivity index (χ3v) is 5.63. The Morgan fingerprint density at radius 1 is 0.720 bits per heavy atom. The van der Waals surface area contributed by atoms with Crippen molar-refractivity contribution in [2.75, 3.05) is 27.4 Å². The number of thiophene rings is 1. The summed E-state index contributed by atoms with van der Waals surface area (Å²) >= 11 is 1.79. The number of hydrogen-bond acceptors (Lipinski definition) is 5. The zero-order valence-electron chi connectivity index (χ0n) is 17.6. The normalized spacial score (nSPS) is 15.1. The van der Waals surface area contributed by atoms with Gasteiger partial charge in [-0.1, -0.05) is 41.5 Å². The Hall–Kier alpha value is -0.780. The van der Waals surface area contributed by atoms with Crippen molar-refractivity contribution >= 4 is 11.3 Å². The topological polar surface area (TPSA) is 36.9 Å². The Morgan fingerprint density at radius 2 is 1.04 bits per heavy atom. The minimum Gasteiger partial charge on any atom is -0.483 e. The van der Waals surface area contributed by atoms with Crippen LogP contribution in [0.5, 0.6) is 11.5 Å². The molecule has 0 aromatic carbocycles. The second-order valence-corrected chi connectivity index (χ2v) is 9.71. The lowest BCUT2D eigenvalue weighted by Gasteiger charge is -2.24. The molecular weight excluding hydrogens is 336 g/mol. The van der Waals surface area contributed by atoms with Gasteiger partial charge in [-0.15, -0.1) is 11.3 Å². The minimum absolute atomic E-state index is 0.0289. The van der Waals surface area contributed by atoms with Crippen LogP contribution in [0.25, 0.3) is 0 Å². The quantitative estimate of drug-likeness (QED) is 0.631. The summed E-state index contributed by atoms with van der Waals surface area (Å²) in [5.41, 5.74) is -0.0577. The van der Waals surface area contributed by atoms with Crippen molar-refractivity contribution < 1.29 is 18.9 Å². The summed E-state index contributed by atoms with van der Waals surface area (Å²) in [7, 11) is 3.38. The molecule has 2 unspecified atom stereocenters. The van der Waals surface area contributed by atoms with Gasteiger partial charge in [-0.05, 0) is 13.8 Å². The molecule has 0 aliphatic heterocycles. The molecule has 2 atom stereocenters. The fraction of sp³-hybridized carbons (Fsp3) is 0.800. The van der Waals surface area contributed by atoms with Gasteiger partial charge < -0.3 is 18.9 Å². The predicted molar refractivity (Wildman–Crippen MR) is 106 cm³/mol. The van der Waals surface area contributed by atoms with Gasteiger partial charge in [0.15, 0.2) is 11.5 Å². The summed E-state index contributed by atoms with van der Waals surface area (Å²) in [6.07, 6.45) is -0.0952. The highest BCUT2D eigenvalue weighted by atomic mass is 32.1. The van der Waals surface area contributed by atoms with Crippen molar-refractivity contribution in [3.05, 3.63) is 9.75 Å². The van der Waals surface area contributed by atoms with Crippen molar-refractivity contribution in [2.45, 2.75) is 78.4 Å². The van der Waals surface area contributed by atoms with Crippen LogP contribution in [-0.4, -0.2) is 39.6 Å². The first-order chi connectivity index (χ1) is 11.4. The van der Waals surface area contributed by atoms with Gasteiger partial charge in [0, 0.05) is 25.0 Å². The number of rotatable bonds is 8. The molecule has 0 spiro atoms.